The van der Waals surface area contributed by atoms with Crippen LogP contribution in [0.15, 0.2) is 52.5 Å². The van der Waals surface area contributed by atoms with Crippen molar-refractivity contribution in [2.45, 2.75) is 6.54 Å². The van der Waals surface area contributed by atoms with Crippen LogP contribution in [0.25, 0.3) is 0 Å². The third-order valence-electron chi connectivity index (χ3n) is 2.84. The van der Waals surface area contributed by atoms with Crippen molar-refractivity contribution in [3.8, 4) is 11.5 Å². The van der Waals surface area contributed by atoms with Gasteiger partial charge in [-0.05, 0) is 24.3 Å². The Kier molecular flexibility index (Phi) is 4.92. The summed E-state index contributed by atoms with van der Waals surface area (Å²) in [6.45, 7) is -0.138. The number of hydrogen-bond acceptors (Lipinski definition) is 5. The Bertz CT molecular complexity index is 752. The maximum absolute atomic E-state index is 11.7. The largest absolute Gasteiger partial charge is 0.507 e. The number of carbonyl (C=O) groups excluding carboxylic acids is 1. The molecule has 2 rings (SSSR count). The number of nitrogens with zero attached hydrogens (tertiary/aromatic N) is 2. The zero-order valence-corrected chi connectivity index (χ0v) is 11.9. The SMILES string of the molecule is COc1ccc(O)c(/C=N/NC(=O)Cn2ccccc2=O)c1. The lowest BCUT2D eigenvalue weighted by atomic mass is 10.2. The van der Waals surface area contributed by atoms with Gasteiger partial charge >= 0.3 is 0 Å². The second-order valence-electron chi connectivity index (χ2n) is 4.38. The number of rotatable bonds is 5. The molecular weight excluding hydrogens is 286 g/mol. The van der Waals surface area contributed by atoms with Gasteiger partial charge in [-0.15, -0.1) is 0 Å². The number of hydrogen-bond donors (Lipinski definition) is 2. The molecule has 1 amide bonds. The number of pyridine rings is 1. The molecule has 1 aromatic heterocycles. The third-order valence-corrected chi connectivity index (χ3v) is 2.84. The van der Waals surface area contributed by atoms with Crippen LogP contribution in [-0.2, 0) is 11.3 Å². The van der Waals surface area contributed by atoms with Crippen molar-refractivity contribution in [3.63, 3.8) is 0 Å². The Balaban J connectivity index is 1.99. The number of nitrogens with one attached hydrogen (secondary N) is 1. The Morgan fingerprint density at radius 2 is 2.23 bits per heavy atom. The van der Waals surface area contributed by atoms with Gasteiger partial charge in [-0.25, -0.2) is 5.43 Å². The van der Waals surface area contributed by atoms with Crippen LogP contribution in [0.1, 0.15) is 5.56 Å². The first kappa shape index (κ1) is 15.3. The number of methoxy groups -OCH3 is 1. The molecule has 1 heterocycles. The quantitative estimate of drug-likeness (QED) is 0.628. The van der Waals surface area contributed by atoms with E-state index >= 15 is 0 Å². The van der Waals surface area contributed by atoms with E-state index in [0.717, 1.165) is 0 Å². The van der Waals surface area contributed by atoms with Gasteiger partial charge in [0.1, 0.15) is 18.0 Å². The second-order valence-corrected chi connectivity index (χ2v) is 4.38. The monoisotopic (exact) mass is 301 g/mol. The minimum Gasteiger partial charge on any atom is -0.507 e. The lowest BCUT2D eigenvalue weighted by Crippen LogP contribution is -2.28. The van der Waals surface area contributed by atoms with Crippen molar-refractivity contribution < 1.29 is 14.6 Å². The average molecular weight is 301 g/mol. The number of amides is 1. The topological polar surface area (TPSA) is 92.9 Å². The van der Waals surface area contributed by atoms with Gasteiger partial charge in [-0.1, -0.05) is 6.07 Å². The molecule has 0 atom stereocenters. The molecule has 2 N–H and O–H groups in total. The van der Waals surface area contributed by atoms with Gasteiger partial charge < -0.3 is 14.4 Å². The number of hydrazone groups is 1. The number of aromatic nitrogens is 1. The van der Waals surface area contributed by atoms with Crippen LogP contribution in [0.4, 0.5) is 0 Å². The highest BCUT2D eigenvalue weighted by atomic mass is 16.5. The molecule has 0 unspecified atom stereocenters. The predicted octanol–water partition coefficient (Wildman–Crippen LogP) is 0.713. The molecule has 0 bridgehead atoms. The van der Waals surface area contributed by atoms with E-state index in [1.54, 1.807) is 24.3 Å². The highest BCUT2D eigenvalue weighted by Crippen LogP contribution is 2.20. The number of phenolic OH excluding ortho intramolecular Hbond substituents is 1. The molecule has 0 aliphatic rings. The van der Waals surface area contributed by atoms with Crippen LogP contribution in [0.3, 0.4) is 0 Å². The van der Waals surface area contributed by atoms with E-state index in [1.807, 2.05) is 0 Å². The van der Waals surface area contributed by atoms with E-state index in [2.05, 4.69) is 10.5 Å². The summed E-state index contributed by atoms with van der Waals surface area (Å²) in [4.78, 5) is 23.2. The second kappa shape index (κ2) is 7.07. The van der Waals surface area contributed by atoms with E-state index in [4.69, 9.17) is 4.74 Å². The summed E-state index contributed by atoms with van der Waals surface area (Å²) in [5.74, 6) is 0.117. The first-order valence-electron chi connectivity index (χ1n) is 6.44. The van der Waals surface area contributed by atoms with Gasteiger partial charge in [0.05, 0.1) is 13.3 Å². The average Bonchev–Trinajstić information content (AvgIpc) is 2.51. The Morgan fingerprint density at radius 3 is 2.95 bits per heavy atom. The van der Waals surface area contributed by atoms with E-state index in [9.17, 15) is 14.7 Å². The summed E-state index contributed by atoms with van der Waals surface area (Å²) in [6.07, 6.45) is 2.81. The number of benzene rings is 1. The van der Waals surface area contributed by atoms with Crippen LogP contribution in [-0.4, -0.2) is 28.9 Å². The molecule has 0 saturated heterocycles. The van der Waals surface area contributed by atoms with E-state index < -0.39 is 5.91 Å². The predicted molar refractivity (Wildman–Crippen MR) is 81.1 cm³/mol. The Hall–Kier alpha value is -3.09. The molecule has 0 spiro atoms. The van der Waals surface area contributed by atoms with Crippen LogP contribution in [0.5, 0.6) is 11.5 Å². The third kappa shape index (κ3) is 3.95. The van der Waals surface area contributed by atoms with E-state index in [-0.39, 0.29) is 17.9 Å². The molecule has 1 aromatic carbocycles. The van der Waals surface area contributed by atoms with Crippen LogP contribution in [0, 0.1) is 0 Å². The first-order chi connectivity index (χ1) is 10.6. The number of phenols is 1. The van der Waals surface area contributed by atoms with Crippen LogP contribution < -0.4 is 15.7 Å². The fraction of sp³-hybridized carbons (Fsp3) is 0.133. The van der Waals surface area contributed by atoms with Crippen molar-refractivity contribution >= 4 is 12.1 Å². The molecule has 0 radical (unpaired) electrons. The van der Waals surface area contributed by atoms with Gasteiger partial charge in [-0.3, -0.25) is 9.59 Å². The summed E-state index contributed by atoms with van der Waals surface area (Å²) in [5.41, 5.74) is 2.42. The molecule has 7 heteroatoms. The van der Waals surface area contributed by atoms with Crippen LogP contribution >= 0.6 is 0 Å². The van der Waals surface area contributed by atoms with Crippen molar-refractivity contribution in [3.05, 3.63) is 58.5 Å². The Labute approximate surface area is 126 Å². The lowest BCUT2D eigenvalue weighted by Gasteiger charge is -2.04. The van der Waals surface area contributed by atoms with Gasteiger partial charge in [0.25, 0.3) is 11.5 Å². The summed E-state index contributed by atoms with van der Waals surface area (Å²) in [5, 5.41) is 13.4. The smallest absolute Gasteiger partial charge is 0.260 e. The number of aromatic hydroxyl groups is 1. The minimum atomic E-state index is -0.452. The number of ether oxygens (including phenoxy) is 1. The maximum atomic E-state index is 11.7. The highest BCUT2D eigenvalue weighted by molar-refractivity contribution is 5.85. The fourth-order valence-corrected chi connectivity index (χ4v) is 1.72. The van der Waals surface area contributed by atoms with Crippen molar-refractivity contribution in [2.24, 2.45) is 5.10 Å². The van der Waals surface area contributed by atoms with Gasteiger partial charge in [-0.2, -0.15) is 5.10 Å². The Morgan fingerprint density at radius 1 is 1.41 bits per heavy atom. The fourth-order valence-electron chi connectivity index (χ4n) is 1.72. The summed E-state index contributed by atoms with van der Waals surface area (Å²) in [6, 6.07) is 9.27. The highest BCUT2D eigenvalue weighted by Gasteiger charge is 2.03. The molecule has 0 saturated carbocycles. The van der Waals surface area contributed by atoms with E-state index in [1.165, 1.54) is 36.2 Å². The minimum absolute atomic E-state index is 0.0121. The van der Waals surface area contributed by atoms with Crippen LogP contribution in [0.2, 0.25) is 0 Å². The standard InChI is InChI=1S/C15H15N3O4/c1-22-12-5-6-13(19)11(8-12)9-16-17-14(20)10-18-7-3-2-4-15(18)21/h2-9,19H,10H2,1H3,(H,17,20)/b16-9+. The molecule has 0 aliphatic carbocycles. The van der Waals surface area contributed by atoms with Crippen molar-refractivity contribution in [1.82, 2.24) is 9.99 Å². The zero-order valence-electron chi connectivity index (χ0n) is 11.9. The molecule has 114 valence electrons. The van der Waals surface area contributed by atoms with Crippen molar-refractivity contribution in [1.29, 1.82) is 0 Å². The molecular formula is C15H15N3O4. The molecule has 2 aromatic rings. The molecule has 22 heavy (non-hydrogen) atoms. The molecule has 7 nitrogen and oxygen atoms in total. The molecule has 0 aliphatic heterocycles. The lowest BCUT2D eigenvalue weighted by molar-refractivity contribution is -0.121. The number of carbonyl (C=O) groups is 1. The normalized spacial score (nSPS) is 10.6. The zero-order chi connectivity index (χ0) is 15.9. The van der Waals surface area contributed by atoms with E-state index in [0.29, 0.717) is 11.3 Å². The van der Waals surface area contributed by atoms with Gasteiger partial charge in [0, 0.05) is 17.8 Å². The van der Waals surface area contributed by atoms with Crippen molar-refractivity contribution in [2.75, 3.05) is 7.11 Å². The van der Waals surface area contributed by atoms with Gasteiger partial charge in [0.15, 0.2) is 0 Å². The summed E-state index contributed by atoms with van der Waals surface area (Å²) < 4.78 is 6.29. The first-order valence-corrected chi connectivity index (χ1v) is 6.44. The van der Waals surface area contributed by atoms with Gasteiger partial charge in [0.2, 0.25) is 0 Å². The summed E-state index contributed by atoms with van der Waals surface area (Å²) >= 11 is 0. The maximum Gasteiger partial charge on any atom is 0.260 e. The molecule has 0 fully saturated rings. The summed E-state index contributed by atoms with van der Waals surface area (Å²) in [7, 11) is 1.51.